The molecular formula is C30H39I2NO4. The summed E-state index contributed by atoms with van der Waals surface area (Å²) in [5, 5.41) is 11.5. The minimum Gasteiger partial charge on any atom is -0.490 e. The highest BCUT2D eigenvalue weighted by Crippen LogP contribution is 2.52. The molecule has 0 amide bonds. The van der Waals surface area contributed by atoms with Gasteiger partial charge in [-0.05, 0) is 102 Å². The first-order chi connectivity index (χ1) is 17.5. The van der Waals surface area contributed by atoms with Gasteiger partial charge in [-0.25, -0.2) is 0 Å². The van der Waals surface area contributed by atoms with Crippen molar-refractivity contribution in [2.75, 3.05) is 26.2 Å². The average molecular weight is 731 g/mol. The first-order valence-corrected chi connectivity index (χ1v) is 15.3. The number of aliphatic carboxylic acids is 1. The van der Waals surface area contributed by atoms with Crippen LogP contribution in [0.25, 0.3) is 11.0 Å². The fraction of sp³-hybridized carbons (Fsp3) is 0.500. The third-order valence-corrected chi connectivity index (χ3v) is 9.44. The Morgan fingerprint density at radius 2 is 1.68 bits per heavy atom. The van der Waals surface area contributed by atoms with Gasteiger partial charge in [-0.2, -0.15) is 0 Å². The van der Waals surface area contributed by atoms with Crippen molar-refractivity contribution in [2.45, 2.75) is 66.2 Å². The predicted octanol–water partition coefficient (Wildman–Crippen LogP) is 8.12. The minimum atomic E-state index is -1.11. The quantitative estimate of drug-likeness (QED) is 0.180. The molecule has 0 radical (unpaired) electrons. The number of hydrogen-bond donors (Lipinski definition) is 1. The molecule has 0 aliphatic rings. The zero-order valence-corrected chi connectivity index (χ0v) is 27.1. The Morgan fingerprint density at radius 3 is 2.24 bits per heavy atom. The van der Waals surface area contributed by atoms with Crippen LogP contribution < -0.4 is 4.74 Å². The summed E-state index contributed by atoms with van der Waals surface area (Å²) < 4.78 is 14.6. The number of ether oxygens (including phenoxy) is 1. The van der Waals surface area contributed by atoms with E-state index >= 15 is 0 Å². The Morgan fingerprint density at radius 1 is 1.05 bits per heavy atom. The molecule has 1 atom stereocenters. The van der Waals surface area contributed by atoms with Crippen LogP contribution in [-0.2, 0) is 16.6 Å². The van der Waals surface area contributed by atoms with Crippen LogP contribution in [0.4, 0.5) is 0 Å². The van der Waals surface area contributed by atoms with Crippen molar-refractivity contribution in [2.24, 2.45) is 5.41 Å². The van der Waals surface area contributed by atoms with Gasteiger partial charge in [0.25, 0.3) is 0 Å². The molecule has 1 heterocycles. The van der Waals surface area contributed by atoms with Crippen LogP contribution in [0.2, 0.25) is 0 Å². The zero-order chi connectivity index (χ0) is 27.4. The van der Waals surface area contributed by atoms with E-state index in [1.54, 1.807) is 0 Å². The second kappa shape index (κ2) is 12.7. The van der Waals surface area contributed by atoms with Gasteiger partial charge in [0.2, 0.25) is 0 Å². The van der Waals surface area contributed by atoms with E-state index in [1.165, 1.54) is 0 Å². The molecule has 0 aliphatic heterocycles. The maximum atomic E-state index is 12.8. The molecule has 5 nitrogen and oxygen atoms in total. The van der Waals surface area contributed by atoms with Gasteiger partial charge in [0.1, 0.15) is 23.7 Å². The third-order valence-electron chi connectivity index (χ3n) is 7.83. The molecule has 0 saturated heterocycles. The fourth-order valence-electron chi connectivity index (χ4n) is 4.99. The summed E-state index contributed by atoms with van der Waals surface area (Å²) in [4.78, 5) is 15.2. The number of carbonyl (C=O) groups is 1. The lowest BCUT2D eigenvalue weighted by atomic mass is 9.58. The molecule has 1 aromatic heterocycles. The van der Waals surface area contributed by atoms with Crippen LogP contribution in [0.15, 0.2) is 40.8 Å². The Labute approximate surface area is 248 Å². The maximum Gasteiger partial charge on any atom is 0.310 e. The molecule has 3 rings (SSSR count). The van der Waals surface area contributed by atoms with E-state index in [-0.39, 0.29) is 0 Å². The number of benzene rings is 2. The van der Waals surface area contributed by atoms with Crippen molar-refractivity contribution in [1.82, 2.24) is 4.90 Å². The monoisotopic (exact) mass is 731 g/mol. The molecule has 0 bridgehead atoms. The molecule has 1 unspecified atom stereocenters. The van der Waals surface area contributed by atoms with Gasteiger partial charge >= 0.3 is 5.97 Å². The molecule has 1 N–H and O–H groups in total. The average Bonchev–Trinajstić information content (AvgIpc) is 3.24. The number of unbranched alkanes of at least 4 members (excludes halogenated alkanes) is 1. The van der Waals surface area contributed by atoms with Crippen LogP contribution in [0.1, 0.15) is 71.3 Å². The highest BCUT2D eigenvalue weighted by molar-refractivity contribution is 14.1. The summed E-state index contributed by atoms with van der Waals surface area (Å²) in [6.45, 7) is 15.7. The largest absolute Gasteiger partial charge is 0.490 e. The van der Waals surface area contributed by atoms with Gasteiger partial charge in [0.05, 0.1) is 12.6 Å². The lowest BCUT2D eigenvalue weighted by Crippen LogP contribution is -2.46. The molecule has 37 heavy (non-hydrogen) atoms. The standard InChI is InChI=1S/C30H39I2NO4/c1-7-10-14-25-26(21-13-11-12-15-24(21)37-25)30(6,29(4,5)28(34)35)20-18-22(31)27(23(32)19-20)36-17-16-33(8-2)9-3/h11-13,15,18-19H,7-10,14,16-17H2,1-6H3,(H,34,35). The van der Waals surface area contributed by atoms with E-state index in [0.29, 0.717) is 6.61 Å². The van der Waals surface area contributed by atoms with Gasteiger partial charge in [-0.15, -0.1) is 0 Å². The molecule has 0 aliphatic carbocycles. The number of carboxylic acids is 1. The number of likely N-dealkylation sites (N-methyl/N-ethyl adjacent to an activating group) is 1. The van der Waals surface area contributed by atoms with E-state index in [9.17, 15) is 9.90 Å². The smallest absolute Gasteiger partial charge is 0.310 e. The normalized spacial score (nSPS) is 13.8. The number of nitrogens with zero attached hydrogens (tertiary/aromatic N) is 1. The molecule has 3 aromatic rings. The van der Waals surface area contributed by atoms with Gasteiger partial charge in [0, 0.05) is 29.3 Å². The summed E-state index contributed by atoms with van der Waals surface area (Å²) >= 11 is 4.65. The highest BCUT2D eigenvalue weighted by atomic mass is 127. The van der Waals surface area contributed by atoms with Crippen LogP contribution in [-0.4, -0.2) is 42.2 Å². The minimum absolute atomic E-state index is 0.610. The second-order valence-electron chi connectivity index (χ2n) is 10.2. The predicted molar refractivity (Wildman–Crippen MR) is 168 cm³/mol. The van der Waals surface area contributed by atoms with Crippen molar-refractivity contribution in [3.8, 4) is 5.75 Å². The van der Waals surface area contributed by atoms with Crippen molar-refractivity contribution in [3.63, 3.8) is 0 Å². The number of hydrogen-bond acceptors (Lipinski definition) is 4. The number of aryl methyl sites for hydroxylation is 1. The van der Waals surface area contributed by atoms with E-state index in [4.69, 9.17) is 9.15 Å². The Hall–Kier alpha value is -1.33. The topological polar surface area (TPSA) is 62.9 Å². The van der Waals surface area contributed by atoms with Crippen LogP contribution >= 0.6 is 45.2 Å². The number of rotatable bonds is 13. The molecule has 0 saturated carbocycles. The first kappa shape index (κ1) is 30.2. The van der Waals surface area contributed by atoms with Gasteiger partial charge in [-0.3, -0.25) is 4.79 Å². The summed E-state index contributed by atoms with van der Waals surface area (Å²) in [6.07, 6.45) is 2.78. The van der Waals surface area contributed by atoms with Crippen molar-refractivity contribution in [3.05, 3.63) is 60.4 Å². The molecule has 202 valence electrons. The van der Waals surface area contributed by atoms with Gasteiger partial charge in [0.15, 0.2) is 0 Å². The number of fused-ring (bicyclic) bond motifs is 1. The number of furan rings is 1. The summed E-state index contributed by atoms with van der Waals surface area (Å²) in [7, 11) is 0. The van der Waals surface area contributed by atoms with Crippen LogP contribution in [0, 0.1) is 12.6 Å². The van der Waals surface area contributed by atoms with E-state index in [1.807, 2.05) is 32.0 Å². The van der Waals surface area contributed by atoms with E-state index < -0.39 is 16.8 Å². The molecule has 2 aromatic carbocycles. The van der Waals surface area contributed by atoms with Crippen LogP contribution in [0.3, 0.4) is 0 Å². The highest BCUT2D eigenvalue weighted by Gasteiger charge is 2.52. The number of para-hydroxylation sites is 1. The summed E-state index contributed by atoms with van der Waals surface area (Å²) in [5.41, 5.74) is 0.767. The summed E-state index contributed by atoms with van der Waals surface area (Å²) in [6, 6.07) is 12.2. The van der Waals surface area contributed by atoms with E-state index in [2.05, 4.69) is 96.0 Å². The zero-order valence-electron chi connectivity index (χ0n) is 22.8. The lowest BCUT2D eigenvalue weighted by molar-refractivity contribution is -0.150. The fourth-order valence-corrected chi connectivity index (χ4v) is 7.07. The lowest BCUT2D eigenvalue weighted by Gasteiger charge is -2.42. The number of carboxylic acid groups (broad SMARTS) is 1. The SMILES string of the molecule is CCCCc1oc2ccccc2c1C(C)(c1cc(I)c(OCCN(CC)CC)c(I)c1)C(C)(C)C(=O)O. The Balaban J connectivity index is 2.20. The van der Waals surface area contributed by atoms with Crippen LogP contribution in [0.5, 0.6) is 5.75 Å². The molecular weight excluding hydrogens is 692 g/mol. The van der Waals surface area contributed by atoms with Crippen molar-refractivity contribution >= 4 is 62.1 Å². The third kappa shape index (κ3) is 5.98. The van der Waals surface area contributed by atoms with Crippen molar-refractivity contribution in [1.29, 1.82) is 0 Å². The molecule has 0 fully saturated rings. The summed E-state index contributed by atoms with van der Waals surface area (Å²) in [5.74, 6) is 0.895. The molecule has 0 spiro atoms. The second-order valence-corrected chi connectivity index (χ2v) is 12.5. The van der Waals surface area contributed by atoms with Gasteiger partial charge in [-0.1, -0.05) is 52.3 Å². The first-order valence-electron chi connectivity index (χ1n) is 13.1. The van der Waals surface area contributed by atoms with Gasteiger partial charge < -0.3 is 19.2 Å². The number of halogens is 2. The van der Waals surface area contributed by atoms with E-state index in [0.717, 1.165) is 79.6 Å². The Kier molecular flexibility index (Phi) is 10.4. The van der Waals surface area contributed by atoms with Crippen molar-refractivity contribution < 1.29 is 19.1 Å². The Bertz CT molecular complexity index is 1210. The maximum absolute atomic E-state index is 12.8. The molecule has 7 heteroatoms.